The normalized spacial score (nSPS) is 17.3. The standard InChI is InChI=1S/C26H24ClN3O3/c27-19-7-4-8-20(14-19)28-26(32)29-21-11-12-24-18(13-21)15-30(25(31)16-33-24)23-10-3-6-17-5-1-2-9-22(17)23/h1-2,4-5,7-9,11-14,23H,3,6,10,15-16H2,(H2,28,29,32). The summed E-state index contributed by atoms with van der Waals surface area (Å²) in [4.78, 5) is 27.4. The number of ether oxygens (including phenoxy) is 1. The molecule has 168 valence electrons. The van der Waals surface area contributed by atoms with Gasteiger partial charge in [0.05, 0.1) is 12.6 Å². The van der Waals surface area contributed by atoms with Crippen molar-refractivity contribution in [3.05, 3.63) is 88.4 Å². The fourth-order valence-corrected chi connectivity index (χ4v) is 4.80. The molecule has 0 saturated heterocycles. The molecule has 3 amide bonds. The van der Waals surface area contributed by atoms with E-state index in [9.17, 15) is 9.59 Å². The van der Waals surface area contributed by atoms with Gasteiger partial charge in [-0.3, -0.25) is 4.79 Å². The van der Waals surface area contributed by atoms with E-state index in [1.165, 1.54) is 11.1 Å². The van der Waals surface area contributed by atoms with E-state index in [2.05, 4.69) is 28.8 Å². The van der Waals surface area contributed by atoms with Crippen molar-refractivity contribution in [1.29, 1.82) is 0 Å². The second kappa shape index (κ2) is 9.16. The zero-order chi connectivity index (χ0) is 22.8. The molecule has 1 atom stereocenters. The number of anilines is 2. The van der Waals surface area contributed by atoms with Crippen LogP contribution in [0.3, 0.4) is 0 Å². The van der Waals surface area contributed by atoms with E-state index < -0.39 is 0 Å². The summed E-state index contributed by atoms with van der Waals surface area (Å²) in [6, 6.07) is 20.4. The summed E-state index contributed by atoms with van der Waals surface area (Å²) in [6.07, 6.45) is 3.01. The predicted octanol–water partition coefficient (Wildman–Crippen LogP) is 5.78. The van der Waals surface area contributed by atoms with Gasteiger partial charge in [0.2, 0.25) is 0 Å². The van der Waals surface area contributed by atoms with E-state index in [0.29, 0.717) is 28.7 Å². The number of fused-ring (bicyclic) bond motifs is 2. The van der Waals surface area contributed by atoms with Gasteiger partial charge in [-0.15, -0.1) is 0 Å². The molecule has 33 heavy (non-hydrogen) atoms. The molecule has 1 heterocycles. The number of benzene rings is 3. The Hall–Kier alpha value is -3.51. The van der Waals surface area contributed by atoms with Crippen LogP contribution in [0, 0.1) is 0 Å². The van der Waals surface area contributed by atoms with Crippen molar-refractivity contribution in [3.8, 4) is 5.75 Å². The molecule has 1 unspecified atom stereocenters. The third-order valence-electron chi connectivity index (χ3n) is 6.13. The van der Waals surface area contributed by atoms with Crippen molar-refractivity contribution in [1.82, 2.24) is 4.90 Å². The van der Waals surface area contributed by atoms with E-state index in [1.54, 1.807) is 36.4 Å². The number of aryl methyl sites for hydroxylation is 1. The number of carbonyl (C=O) groups excluding carboxylic acids is 2. The Balaban J connectivity index is 1.36. The predicted molar refractivity (Wildman–Crippen MR) is 129 cm³/mol. The van der Waals surface area contributed by atoms with Crippen molar-refractivity contribution in [2.24, 2.45) is 0 Å². The first-order valence-corrected chi connectivity index (χ1v) is 11.4. The van der Waals surface area contributed by atoms with Gasteiger partial charge in [-0.25, -0.2) is 4.79 Å². The first-order chi connectivity index (χ1) is 16.1. The van der Waals surface area contributed by atoms with E-state index >= 15 is 0 Å². The Morgan fingerprint density at radius 1 is 0.970 bits per heavy atom. The van der Waals surface area contributed by atoms with Gasteiger partial charge in [0, 0.05) is 22.0 Å². The highest BCUT2D eigenvalue weighted by atomic mass is 35.5. The summed E-state index contributed by atoms with van der Waals surface area (Å²) in [5.74, 6) is 0.636. The first-order valence-electron chi connectivity index (χ1n) is 11.0. The summed E-state index contributed by atoms with van der Waals surface area (Å²) < 4.78 is 5.80. The Bertz CT molecular complexity index is 1210. The largest absolute Gasteiger partial charge is 0.483 e. The van der Waals surface area contributed by atoms with Gasteiger partial charge in [0.25, 0.3) is 5.91 Å². The SMILES string of the molecule is O=C(Nc1cccc(Cl)c1)Nc1ccc2c(c1)CN(C1CCCc3ccccc31)C(=O)CO2. The lowest BCUT2D eigenvalue weighted by molar-refractivity contribution is -0.136. The molecular formula is C26H24ClN3O3. The Kier molecular flexibility index (Phi) is 5.92. The van der Waals surface area contributed by atoms with Gasteiger partial charge < -0.3 is 20.3 Å². The summed E-state index contributed by atoms with van der Waals surface area (Å²) in [5.41, 5.74) is 4.61. The van der Waals surface area contributed by atoms with Crippen LogP contribution >= 0.6 is 11.6 Å². The van der Waals surface area contributed by atoms with E-state index in [4.69, 9.17) is 16.3 Å². The number of halogens is 1. The second-order valence-electron chi connectivity index (χ2n) is 8.33. The third kappa shape index (κ3) is 4.66. The maximum absolute atomic E-state index is 13.0. The Morgan fingerprint density at radius 3 is 2.64 bits per heavy atom. The van der Waals surface area contributed by atoms with Crippen LogP contribution in [0.1, 0.15) is 35.6 Å². The van der Waals surface area contributed by atoms with Crippen LogP contribution in [0.5, 0.6) is 5.75 Å². The lowest BCUT2D eigenvalue weighted by atomic mass is 9.86. The lowest BCUT2D eigenvalue weighted by Gasteiger charge is -2.35. The van der Waals surface area contributed by atoms with Gasteiger partial charge >= 0.3 is 6.03 Å². The van der Waals surface area contributed by atoms with Gasteiger partial charge in [-0.1, -0.05) is 41.9 Å². The van der Waals surface area contributed by atoms with Crippen molar-refractivity contribution < 1.29 is 14.3 Å². The maximum atomic E-state index is 13.0. The number of rotatable bonds is 3. The van der Waals surface area contributed by atoms with Crippen LogP contribution in [-0.2, 0) is 17.8 Å². The summed E-state index contributed by atoms with van der Waals surface area (Å²) >= 11 is 5.99. The maximum Gasteiger partial charge on any atom is 0.323 e. The summed E-state index contributed by atoms with van der Waals surface area (Å²) in [6.45, 7) is 0.437. The molecule has 0 radical (unpaired) electrons. The second-order valence-corrected chi connectivity index (χ2v) is 8.77. The number of hydrogen-bond donors (Lipinski definition) is 2. The van der Waals surface area contributed by atoms with Gasteiger partial charge in [0.15, 0.2) is 6.61 Å². The van der Waals surface area contributed by atoms with Crippen molar-refractivity contribution in [2.75, 3.05) is 17.2 Å². The summed E-state index contributed by atoms with van der Waals surface area (Å²) in [7, 11) is 0. The van der Waals surface area contributed by atoms with Gasteiger partial charge in [0.1, 0.15) is 5.75 Å². The van der Waals surface area contributed by atoms with E-state index in [-0.39, 0.29) is 24.6 Å². The van der Waals surface area contributed by atoms with E-state index in [0.717, 1.165) is 24.8 Å². The van der Waals surface area contributed by atoms with Crippen molar-refractivity contribution in [3.63, 3.8) is 0 Å². The van der Waals surface area contributed by atoms with Gasteiger partial charge in [-0.05, 0) is 66.8 Å². The minimum atomic E-state index is -0.374. The average molecular weight is 462 g/mol. The number of urea groups is 1. The molecule has 1 aliphatic heterocycles. The highest BCUT2D eigenvalue weighted by Gasteiger charge is 2.32. The molecule has 0 fully saturated rings. The molecule has 0 aromatic heterocycles. The zero-order valence-electron chi connectivity index (χ0n) is 18.0. The Morgan fingerprint density at radius 2 is 1.79 bits per heavy atom. The Labute approximate surface area is 197 Å². The molecule has 2 N–H and O–H groups in total. The molecule has 3 aromatic carbocycles. The van der Waals surface area contributed by atoms with Crippen molar-refractivity contribution in [2.45, 2.75) is 31.8 Å². The number of nitrogens with one attached hydrogen (secondary N) is 2. The van der Waals surface area contributed by atoms with Crippen LogP contribution in [0.25, 0.3) is 0 Å². The number of amides is 3. The zero-order valence-corrected chi connectivity index (χ0v) is 18.8. The first kappa shape index (κ1) is 21.3. The lowest BCUT2D eigenvalue weighted by Crippen LogP contribution is -2.37. The molecule has 0 saturated carbocycles. The summed E-state index contributed by atoms with van der Waals surface area (Å²) in [5, 5.41) is 6.17. The minimum Gasteiger partial charge on any atom is -0.483 e. The van der Waals surface area contributed by atoms with Crippen LogP contribution in [-0.4, -0.2) is 23.4 Å². The molecule has 1 aliphatic carbocycles. The number of hydrogen-bond acceptors (Lipinski definition) is 3. The van der Waals surface area contributed by atoms with Crippen molar-refractivity contribution >= 4 is 34.9 Å². The molecule has 5 rings (SSSR count). The molecule has 6 nitrogen and oxygen atoms in total. The fourth-order valence-electron chi connectivity index (χ4n) is 4.61. The average Bonchev–Trinajstić information content (AvgIpc) is 2.97. The molecule has 3 aromatic rings. The number of carbonyl (C=O) groups is 2. The topological polar surface area (TPSA) is 70.7 Å². The highest BCUT2D eigenvalue weighted by Crippen LogP contribution is 2.37. The van der Waals surface area contributed by atoms with Gasteiger partial charge in [-0.2, -0.15) is 0 Å². The monoisotopic (exact) mass is 461 g/mol. The van der Waals surface area contributed by atoms with Crippen LogP contribution in [0.15, 0.2) is 66.7 Å². The van der Waals surface area contributed by atoms with E-state index in [1.807, 2.05) is 17.0 Å². The fraction of sp³-hybridized carbons (Fsp3) is 0.231. The molecule has 0 spiro atoms. The van der Waals surface area contributed by atoms with Crippen LogP contribution in [0.2, 0.25) is 5.02 Å². The molecule has 2 aliphatic rings. The third-order valence-corrected chi connectivity index (χ3v) is 6.36. The van der Waals surface area contributed by atoms with Crippen LogP contribution < -0.4 is 15.4 Å². The number of nitrogens with zero attached hydrogens (tertiary/aromatic N) is 1. The van der Waals surface area contributed by atoms with Crippen LogP contribution in [0.4, 0.5) is 16.2 Å². The highest BCUT2D eigenvalue weighted by molar-refractivity contribution is 6.30. The molecular weight excluding hydrogens is 438 g/mol. The minimum absolute atomic E-state index is 0.00763. The quantitative estimate of drug-likeness (QED) is 0.519. The molecule has 0 bridgehead atoms. The smallest absolute Gasteiger partial charge is 0.323 e. The molecule has 7 heteroatoms.